The van der Waals surface area contributed by atoms with Gasteiger partial charge in [0, 0.05) is 31.0 Å². The van der Waals surface area contributed by atoms with Gasteiger partial charge in [-0.2, -0.15) is 9.90 Å². The van der Waals surface area contributed by atoms with Crippen molar-refractivity contribution in [1.82, 2.24) is 10.0 Å². The van der Waals surface area contributed by atoms with Gasteiger partial charge in [0.1, 0.15) is 11.6 Å². The molecule has 10 atom stereocenters. The van der Waals surface area contributed by atoms with Gasteiger partial charge in [0.25, 0.3) is 6.47 Å². The van der Waals surface area contributed by atoms with Crippen molar-refractivity contribution in [3.8, 4) is 5.75 Å². The van der Waals surface area contributed by atoms with Gasteiger partial charge in [0.2, 0.25) is 15.9 Å². The van der Waals surface area contributed by atoms with E-state index < -0.39 is 33.5 Å². The van der Waals surface area contributed by atoms with E-state index in [0.29, 0.717) is 30.5 Å². The second-order valence-corrected chi connectivity index (χ2v) is 30.4. The molecule has 4 aromatic carbocycles. The number of amidine groups is 1. The van der Waals surface area contributed by atoms with Gasteiger partial charge < -0.3 is 21.5 Å². The predicted molar refractivity (Wildman–Crippen MR) is 287 cm³/mol. The number of Topliss-reactive ketones (excluding diaryl/α,β-unsaturated/α-hetero) is 1. The van der Waals surface area contributed by atoms with E-state index in [0.717, 1.165) is 30.2 Å². The fraction of sp³-hybridized carbons (Fsp3) is 0.263. The summed E-state index contributed by atoms with van der Waals surface area (Å²) in [6.07, 6.45) is 1.42. The molecule has 330 valence electrons. The lowest BCUT2D eigenvalue weighted by molar-refractivity contribution is -0.130. The van der Waals surface area contributed by atoms with Gasteiger partial charge in [0.05, 0.1) is 11.8 Å². The maximum atomic E-state index is 14.0. The summed E-state index contributed by atoms with van der Waals surface area (Å²) in [6.45, 7) is 0.890. The van der Waals surface area contributed by atoms with Crippen molar-refractivity contribution in [2.45, 2.75) is 57.0 Å². The normalized spacial score (nSPS) is 11.3. The topological polar surface area (TPSA) is 195 Å². The second kappa shape index (κ2) is 34.5. The fourth-order valence-electron chi connectivity index (χ4n) is 5.63. The molecule has 8 unspecified atom stereocenters. The number of aryl methyl sites for hydroxylation is 1. The van der Waals surface area contributed by atoms with Gasteiger partial charge in [-0.3, -0.25) is 19.8 Å². The number of carbonyl (C=O) groups is 3. The molecule has 7 N–H and O–H groups in total. The number of hydrogen-bond acceptors (Lipinski definition) is 8. The number of sulfonamides is 1. The van der Waals surface area contributed by atoms with E-state index in [-0.39, 0.29) is 66.7 Å². The largest absolute Gasteiger partial charge is 0.429 e. The smallest absolute Gasteiger partial charge is 0.298 e. The summed E-state index contributed by atoms with van der Waals surface area (Å²) >= 11 is 0. The molecule has 0 heterocycles. The molecule has 1 amide bonds. The van der Waals surface area contributed by atoms with Gasteiger partial charge >= 0.3 is 0 Å². The number of ketones is 1. The molecule has 4 aromatic rings. The van der Waals surface area contributed by atoms with Crippen LogP contribution in [0.5, 0.6) is 5.75 Å². The number of hydrogen-bond donors (Lipinski definition) is 5. The zero-order valence-corrected chi connectivity index (χ0v) is 45.6. The molecule has 0 radical (unpaired) electrons. The SMILES string of the molecule is N=C(N)c1ccc(CNC(=O)[C@@H](CC(=O)[C@@H](CCCc2ccccc2)NS(=O)(=O)Cc2cccc(OC=O)c2)Cc2cccc(CN)c2)cc1.P.PP.PP(P)P.PPP. The Balaban J connectivity index is 0.00000319. The van der Waals surface area contributed by atoms with E-state index in [1.54, 1.807) is 36.4 Å². The average Bonchev–Trinajstić information content (AvgIpc) is 3.21. The maximum Gasteiger partial charge on any atom is 0.298 e. The molecule has 0 bridgehead atoms. The van der Waals surface area contributed by atoms with Crippen molar-refractivity contribution in [3.63, 3.8) is 0 Å². The van der Waals surface area contributed by atoms with E-state index >= 15 is 0 Å². The molecule has 0 saturated heterocycles. The standard InChI is InChI=1S/C38H43N5O6S.H6P4.H5P3.H4P2.H3P/c39-23-30-11-4-10-29(19-30)20-33(38(46)42-24-28-15-17-32(18-16-28)37(40)41)22-36(45)35(14-6-9-27-7-2-1-3-8-27)43-50(47,48)25-31-12-5-13-34(21-31)49-26-44;1-4(2)3;1-3-2;1-2;/h1-5,7-8,10-13,15-19,21,26,33,35,43H,6,9,14,20,22-25,39H2,(H3,40,41)(H,42,46);1-3H2;3H,1-2H2;1-2H2;1H3/t33-,35-;;;;/m1..../s1. The number of rotatable bonds is 20. The second-order valence-electron chi connectivity index (χ2n) is 12.7. The Bertz CT molecular complexity index is 1970. The summed E-state index contributed by atoms with van der Waals surface area (Å²) in [7, 11) is 14.6. The molecule has 0 aromatic heterocycles. The third-order valence-corrected chi connectivity index (χ3v) is 9.57. The highest BCUT2D eigenvalue weighted by molar-refractivity contribution is 8.65. The first-order chi connectivity index (χ1) is 28.2. The number of benzene rings is 4. The zero-order chi connectivity index (χ0) is 44.2. The van der Waals surface area contributed by atoms with Gasteiger partial charge in [-0.05, 0) is 72.6 Å². The summed E-state index contributed by atoms with van der Waals surface area (Å²) < 4.78 is 34.3. The van der Waals surface area contributed by atoms with Gasteiger partial charge in [-0.1, -0.05) is 99.0 Å². The van der Waals surface area contributed by atoms with Crippen molar-refractivity contribution < 1.29 is 27.5 Å². The van der Waals surface area contributed by atoms with Crippen molar-refractivity contribution >= 4 is 121 Å². The molecule has 0 aliphatic carbocycles. The van der Waals surface area contributed by atoms with Gasteiger partial charge in [0.15, 0.2) is 5.78 Å². The highest BCUT2D eigenvalue weighted by Gasteiger charge is 2.30. The third kappa shape index (κ3) is 26.0. The Morgan fingerprint density at radius 1 is 0.850 bits per heavy atom. The monoisotopic (exact) mass is 1030 g/mol. The first kappa shape index (κ1) is 59.1. The third-order valence-electron chi connectivity index (χ3n) is 8.21. The van der Waals surface area contributed by atoms with Crippen LogP contribution in [0.2, 0.25) is 0 Å². The lowest BCUT2D eigenvalue weighted by Crippen LogP contribution is -2.43. The predicted octanol–water partition coefficient (Wildman–Crippen LogP) is 7.70. The first-order valence-corrected chi connectivity index (χ1v) is 33.1. The minimum absolute atomic E-state index is 0. The van der Waals surface area contributed by atoms with Crippen LogP contribution in [0.4, 0.5) is 0 Å². The van der Waals surface area contributed by atoms with Crippen LogP contribution in [-0.2, 0) is 56.1 Å². The molecule has 4 rings (SSSR count). The van der Waals surface area contributed by atoms with Crippen molar-refractivity contribution in [2.24, 2.45) is 17.4 Å². The molecule has 60 heavy (non-hydrogen) atoms. The Kier molecular flexibility index (Phi) is 34.0. The molecule has 0 fully saturated rings. The zero-order valence-electron chi connectivity index (χ0n) is 33.4. The lowest BCUT2D eigenvalue weighted by atomic mass is 9.89. The number of nitrogens with two attached hydrogens (primary N) is 2. The highest BCUT2D eigenvalue weighted by Crippen LogP contribution is 2.59. The van der Waals surface area contributed by atoms with E-state index in [1.165, 1.54) is 12.1 Å². The minimum Gasteiger partial charge on any atom is -0.429 e. The first-order valence-electron chi connectivity index (χ1n) is 18.0. The van der Waals surface area contributed by atoms with Crippen LogP contribution >= 0.6 is 87.3 Å². The van der Waals surface area contributed by atoms with Crippen LogP contribution in [0.1, 0.15) is 52.6 Å². The minimum atomic E-state index is -4.04. The molecule has 0 spiro atoms. The Morgan fingerprint density at radius 3 is 2.00 bits per heavy atom. The van der Waals surface area contributed by atoms with E-state index in [9.17, 15) is 22.8 Å². The van der Waals surface area contributed by atoms with Gasteiger partial charge in [-0.15, -0.1) is 62.5 Å². The average molecular weight is 1030 g/mol. The number of nitrogens with one attached hydrogen (secondary N) is 3. The number of carbonyl (C=O) groups excluding carboxylic acids is 3. The Labute approximate surface area is 378 Å². The van der Waals surface area contributed by atoms with Gasteiger partial charge in [-0.25, -0.2) is 13.1 Å². The van der Waals surface area contributed by atoms with Crippen LogP contribution in [0, 0.1) is 11.3 Å². The number of nitrogen functional groups attached to an aromatic ring is 1. The summed E-state index contributed by atoms with van der Waals surface area (Å²) in [5, 5.41) is 10.5. The summed E-state index contributed by atoms with van der Waals surface area (Å²) in [4.78, 5) is 38.5. The van der Waals surface area contributed by atoms with E-state index in [1.807, 2.05) is 54.6 Å². The van der Waals surface area contributed by atoms with Crippen molar-refractivity contribution in [1.29, 1.82) is 5.41 Å². The van der Waals surface area contributed by atoms with Crippen LogP contribution in [0.25, 0.3) is 0 Å². The summed E-state index contributed by atoms with van der Waals surface area (Å²) in [6, 6.07) is 29.2. The highest BCUT2D eigenvalue weighted by atomic mass is 32.7. The van der Waals surface area contributed by atoms with Crippen LogP contribution in [0.15, 0.2) is 103 Å². The molecule has 22 heteroatoms. The lowest BCUT2D eigenvalue weighted by Gasteiger charge is -2.22. The summed E-state index contributed by atoms with van der Waals surface area (Å²) in [5.74, 6) is -1.86. The van der Waals surface area contributed by atoms with Crippen LogP contribution in [-0.4, -0.2) is 38.5 Å². The van der Waals surface area contributed by atoms with Crippen LogP contribution < -0.4 is 26.2 Å². The fourth-order valence-corrected chi connectivity index (χ4v) is 7.01. The number of ether oxygens (including phenoxy) is 1. The van der Waals surface area contributed by atoms with Crippen LogP contribution in [0.3, 0.4) is 0 Å². The molecule has 11 nitrogen and oxygen atoms in total. The van der Waals surface area contributed by atoms with E-state index in [4.69, 9.17) is 21.6 Å². The molecular weight excluding hydrogens is 964 g/mol. The summed E-state index contributed by atoms with van der Waals surface area (Å²) in [5.41, 5.74) is 15.9. The molecule has 0 aliphatic rings. The molecule has 0 aliphatic heterocycles. The quantitative estimate of drug-likeness (QED) is 0.0257. The molecule has 0 saturated carbocycles. The Hall–Kier alpha value is -0.870. The van der Waals surface area contributed by atoms with Crippen molar-refractivity contribution in [3.05, 3.63) is 137 Å². The molecular formula is C38H61N5O6P10S. The van der Waals surface area contributed by atoms with E-state index in [2.05, 4.69) is 72.5 Å². The van der Waals surface area contributed by atoms with Crippen molar-refractivity contribution in [2.75, 3.05) is 0 Å². The maximum absolute atomic E-state index is 14.0. The Morgan fingerprint density at radius 2 is 1.42 bits per heavy atom. The number of amides is 1.